The van der Waals surface area contributed by atoms with E-state index in [0.717, 1.165) is 31.2 Å². The highest BCUT2D eigenvalue weighted by Crippen LogP contribution is 2.35. The second kappa shape index (κ2) is 6.73. The average molecular weight is 272 g/mol. The zero-order chi connectivity index (χ0) is 13.8. The first-order valence-corrected chi connectivity index (χ1v) is 8.40. The van der Waals surface area contributed by atoms with Gasteiger partial charge in [0, 0.05) is 24.7 Å². The van der Waals surface area contributed by atoms with Gasteiger partial charge in [0.25, 0.3) is 0 Å². The molecule has 0 aliphatic heterocycles. The second-order valence-electron chi connectivity index (χ2n) is 6.45. The Bertz CT molecular complexity index is 391. The van der Waals surface area contributed by atoms with Crippen LogP contribution in [-0.2, 0) is 6.54 Å². The van der Waals surface area contributed by atoms with E-state index in [1.165, 1.54) is 44.1 Å². The minimum atomic E-state index is 0.772. The summed E-state index contributed by atoms with van der Waals surface area (Å²) < 4.78 is 0. The fourth-order valence-electron chi connectivity index (χ4n) is 3.66. The van der Waals surface area contributed by atoms with Gasteiger partial charge < -0.3 is 5.32 Å². The number of hydrogen-bond donors (Lipinski definition) is 1. The molecule has 2 heteroatoms. The maximum Gasteiger partial charge on any atom is 0.0239 e. The summed E-state index contributed by atoms with van der Waals surface area (Å²) in [4.78, 5) is 2.80. The van der Waals surface area contributed by atoms with Crippen molar-refractivity contribution < 1.29 is 0 Å². The predicted molar refractivity (Wildman–Crippen MR) is 84.7 cm³/mol. The molecule has 0 aromatic heterocycles. The molecule has 2 fully saturated rings. The molecule has 0 radical (unpaired) electrons. The molecule has 2 aliphatic carbocycles. The molecule has 20 heavy (non-hydrogen) atoms. The molecule has 0 spiro atoms. The standard InChI is InChI=1S/C18H28N2/c1-2-19-16-8-10-17(11-9-16)20(18-12-13-18)14-15-6-4-3-5-7-15/h3-7,16-19H,2,8-14H2,1H3. The largest absolute Gasteiger partial charge is 0.314 e. The Morgan fingerprint density at radius 1 is 0.950 bits per heavy atom. The normalized spacial score (nSPS) is 26.9. The highest BCUT2D eigenvalue weighted by Gasteiger charge is 2.35. The first kappa shape index (κ1) is 14.1. The van der Waals surface area contributed by atoms with E-state index < -0.39 is 0 Å². The molecule has 3 rings (SSSR count). The highest BCUT2D eigenvalue weighted by molar-refractivity contribution is 5.15. The van der Waals surface area contributed by atoms with E-state index in [9.17, 15) is 0 Å². The van der Waals surface area contributed by atoms with Gasteiger partial charge in [-0.2, -0.15) is 0 Å². The van der Waals surface area contributed by atoms with Crippen LogP contribution in [0.5, 0.6) is 0 Å². The summed E-state index contributed by atoms with van der Waals surface area (Å²) in [7, 11) is 0. The molecular formula is C18H28N2. The Balaban J connectivity index is 1.58. The number of hydrogen-bond acceptors (Lipinski definition) is 2. The first-order valence-electron chi connectivity index (χ1n) is 8.40. The van der Waals surface area contributed by atoms with Gasteiger partial charge in [-0.25, -0.2) is 0 Å². The molecule has 1 N–H and O–H groups in total. The zero-order valence-corrected chi connectivity index (χ0v) is 12.7. The monoisotopic (exact) mass is 272 g/mol. The van der Waals surface area contributed by atoms with Gasteiger partial charge in [0.15, 0.2) is 0 Å². The number of nitrogens with one attached hydrogen (secondary N) is 1. The molecule has 0 unspecified atom stereocenters. The minimum absolute atomic E-state index is 0.772. The summed E-state index contributed by atoms with van der Waals surface area (Å²) in [6, 6.07) is 13.5. The summed E-state index contributed by atoms with van der Waals surface area (Å²) in [5, 5.41) is 3.62. The lowest BCUT2D eigenvalue weighted by molar-refractivity contribution is 0.128. The third-order valence-electron chi connectivity index (χ3n) is 4.88. The lowest BCUT2D eigenvalue weighted by atomic mass is 9.89. The van der Waals surface area contributed by atoms with Crippen LogP contribution in [0.2, 0.25) is 0 Å². The van der Waals surface area contributed by atoms with Gasteiger partial charge in [-0.15, -0.1) is 0 Å². The smallest absolute Gasteiger partial charge is 0.0239 e. The lowest BCUT2D eigenvalue weighted by Gasteiger charge is -2.37. The Morgan fingerprint density at radius 2 is 1.55 bits per heavy atom. The average Bonchev–Trinajstić information content (AvgIpc) is 3.32. The molecule has 2 aliphatic rings. The van der Waals surface area contributed by atoms with Crippen molar-refractivity contribution in [2.75, 3.05) is 6.54 Å². The summed E-state index contributed by atoms with van der Waals surface area (Å²) in [5.74, 6) is 0. The predicted octanol–water partition coefficient (Wildman–Crippen LogP) is 3.57. The third-order valence-corrected chi connectivity index (χ3v) is 4.88. The number of rotatable bonds is 6. The van der Waals surface area contributed by atoms with Gasteiger partial charge >= 0.3 is 0 Å². The van der Waals surface area contributed by atoms with Crippen molar-refractivity contribution >= 4 is 0 Å². The molecule has 1 aromatic rings. The van der Waals surface area contributed by atoms with E-state index in [0.29, 0.717) is 0 Å². The van der Waals surface area contributed by atoms with Crippen LogP contribution < -0.4 is 5.32 Å². The number of benzene rings is 1. The first-order chi connectivity index (χ1) is 9.86. The quantitative estimate of drug-likeness (QED) is 0.851. The highest BCUT2D eigenvalue weighted by atomic mass is 15.2. The molecule has 0 saturated heterocycles. The van der Waals surface area contributed by atoms with E-state index in [1.54, 1.807) is 0 Å². The second-order valence-corrected chi connectivity index (χ2v) is 6.45. The van der Waals surface area contributed by atoms with Crippen LogP contribution >= 0.6 is 0 Å². The lowest BCUT2D eigenvalue weighted by Crippen LogP contribution is -2.43. The minimum Gasteiger partial charge on any atom is -0.314 e. The number of nitrogens with zero attached hydrogens (tertiary/aromatic N) is 1. The van der Waals surface area contributed by atoms with Crippen molar-refractivity contribution in [3.05, 3.63) is 35.9 Å². The van der Waals surface area contributed by atoms with Crippen LogP contribution in [0.4, 0.5) is 0 Å². The van der Waals surface area contributed by atoms with Crippen LogP contribution in [0.15, 0.2) is 30.3 Å². The van der Waals surface area contributed by atoms with Gasteiger partial charge in [-0.1, -0.05) is 37.3 Å². The van der Waals surface area contributed by atoms with Crippen LogP contribution in [0.3, 0.4) is 0 Å². The van der Waals surface area contributed by atoms with Crippen molar-refractivity contribution in [3.8, 4) is 0 Å². The summed E-state index contributed by atoms with van der Waals surface area (Å²) in [5.41, 5.74) is 1.48. The Hall–Kier alpha value is -0.860. The SMILES string of the molecule is CCNC1CCC(N(Cc2ccccc2)C2CC2)CC1. The van der Waals surface area contributed by atoms with E-state index >= 15 is 0 Å². The van der Waals surface area contributed by atoms with Crippen molar-refractivity contribution in [2.45, 2.75) is 70.1 Å². The van der Waals surface area contributed by atoms with Crippen LogP contribution in [0.25, 0.3) is 0 Å². The fraction of sp³-hybridized carbons (Fsp3) is 0.667. The summed E-state index contributed by atoms with van der Waals surface area (Å²) >= 11 is 0. The van der Waals surface area contributed by atoms with Crippen LogP contribution in [-0.4, -0.2) is 29.6 Å². The van der Waals surface area contributed by atoms with E-state index in [1.807, 2.05) is 0 Å². The van der Waals surface area contributed by atoms with Crippen LogP contribution in [0.1, 0.15) is 51.0 Å². The zero-order valence-electron chi connectivity index (χ0n) is 12.7. The van der Waals surface area contributed by atoms with E-state index in [4.69, 9.17) is 0 Å². The van der Waals surface area contributed by atoms with Gasteiger partial charge in [-0.3, -0.25) is 4.90 Å². The third kappa shape index (κ3) is 3.62. The van der Waals surface area contributed by atoms with Gasteiger partial charge in [0.2, 0.25) is 0 Å². The van der Waals surface area contributed by atoms with Crippen molar-refractivity contribution in [2.24, 2.45) is 0 Å². The van der Waals surface area contributed by atoms with E-state index in [2.05, 4.69) is 47.5 Å². The molecule has 0 bridgehead atoms. The maximum absolute atomic E-state index is 3.62. The Morgan fingerprint density at radius 3 is 2.10 bits per heavy atom. The van der Waals surface area contributed by atoms with Crippen LogP contribution in [0, 0.1) is 0 Å². The fourth-order valence-corrected chi connectivity index (χ4v) is 3.66. The topological polar surface area (TPSA) is 15.3 Å². The molecule has 110 valence electrons. The molecule has 2 saturated carbocycles. The summed E-state index contributed by atoms with van der Waals surface area (Å²) in [6.07, 6.45) is 8.30. The Labute approximate surface area is 123 Å². The Kier molecular flexibility index (Phi) is 4.74. The van der Waals surface area contributed by atoms with Crippen molar-refractivity contribution in [3.63, 3.8) is 0 Å². The molecular weight excluding hydrogens is 244 g/mol. The molecule has 2 nitrogen and oxygen atoms in total. The van der Waals surface area contributed by atoms with Gasteiger partial charge in [0.05, 0.1) is 0 Å². The van der Waals surface area contributed by atoms with Crippen molar-refractivity contribution in [1.82, 2.24) is 10.2 Å². The van der Waals surface area contributed by atoms with E-state index in [-0.39, 0.29) is 0 Å². The summed E-state index contributed by atoms with van der Waals surface area (Å²) in [6.45, 7) is 4.49. The van der Waals surface area contributed by atoms with Crippen molar-refractivity contribution in [1.29, 1.82) is 0 Å². The molecule has 0 amide bonds. The maximum atomic E-state index is 3.62. The molecule has 0 atom stereocenters. The van der Waals surface area contributed by atoms with Gasteiger partial charge in [0.1, 0.15) is 0 Å². The molecule has 1 aromatic carbocycles. The van der Waals surface area contributed by atoms with Gasteiger partial charge in [-0.05, 0) is 50.6 Å². The molecule has 0 heterocycles.